The fraction of sp³-hybridized carbons (Fsp3) is 0. The number of nitrogens with two attached hydrogens (primary N) is 1. The average Bonchev–Trinajstić information content (AvgIpc) is 2.37. The molecule has 20 heavy (non-hydrogen) atoms. The van der Waals surface area contributed by atoms with E-state index in [1.165, 1.54) is 12.1 Å². The standard InChI is InChI=1S/C13H8BrClF2N2O/c14-7-1-2-8(15)11(5-7)20-12-9(16)3-6(13(18)19)4-10(12)17/h1-5H,(H3,18,19). The lowest BCUT2D eigenvalue weighted by atomic mass is 10.2. The molecule has 0 atom stereocenters. The summed E-state index contributed by atoms with van der Waals surface area (Å²) in [5.74, 6) is -2.86. The normalized spacial score (nSPS) is 10.4. The van der Waals surface area contributed by atoms with Crippen molar-refractivity contribution in [1.82, 2.24) is 0 Å². The molecule has 0 saturated heterocycles. The molecule has 2 aromatic carbocycles. The zero-order valence-corrected chi connectivity index (χ0v) is 12.2. The summed E-state index contributed by atoms with van der Waals surface area (Å²) < 4.78 is 33.4. The Bertz CT molecular complexity index is 671. The van der Waals surface area contributed by atoms with Gasteiger partial charge in [0.2, 0.25) is 0 Å². The highest BCUT2D eigenvalue weighted by atomic mass is 79.9. The first-order chi connectivity index (χ1) is 9.38. The minimum Gasteiger partial charge on any atom is -0.450 e. The third kappa shape index (κ3) is 3.08. The van der Waals surface area contributed by atoms with Gasteiger partial charge in [-0.3, -0.25) is 5.41 Å². The summed E-state index contributed by atoms with van der Waals surface area (Å²) in [6, 6.07) is 6.53. The van der Waals surface area contributed by atoms with Gasteiger partial charge in [-0.15, -0.1) is 0 Å². The molecule has 0 heterocycles. The average molecular weight is 362 g/mol. The number of halogens is 4. The van der Waals surface area contributed by atoms with Crippen LogP contribution in [0.4, 0.5) is 8.78 Å². The van der Waals surface area contributed by atoms with Crippen LogP contribution in [0.25, 0.3) is 0 Å². The summed E-state index contributed by atoms with van der Waals surface area (Å²) in [6.07, 6.45) is 0. The summed E-state index contributed by atoms with van der Waals surface area (Å²) >= 11 is 9.09. The Balaban J connectivity index is 2.44. The van der Waals surface area contributed by atoms with Crippen molar-refractivity contribution in [3.63, 3.8) is 0 Å². The van der Waals surface area contributed by atoms with E-state index in [4.69, 9.17) is 27.5 Å². The van der Waals surface area contributed by atoms with Crippen molar-refractivity contribution < 1.29 is 13.5 Å². The highest BCUT2D eigenvalue weighted by Crippen LogP contribution is 2.34. The summed E-state index contributed by atoms with van der Waals surface area (Å²) in [6.45, 7) is 0. The maximum Gasteiger partial charge on any atom is 0.198 e. The minimum atomic E-state index is -0.966. The van der Waals surface area contributed by atoms with Gasteiger partial charge in [-0.25, -0.2) is 8.78 Å². The summed E-state index contributed by atoms with van der Waals surface area (Å²) in [5, 5.41) is 7.37. The van der Waals surface area contributed by atoms with Crippen molar-refractivity contribution in [3.8, 4) is 11.5 Å². The molecule has 0 radical (unpaired) electrons. The minimum absolute atomic E-state index is 0.0623. The van der Waals surface area contributed by atoms with Gasteiger partial charge in [0.1, 0.15) is 11.6 Å². The Kier molecular flexibility index (Phi) is 4.25. The number of rotatable bonds is 3. The molecule has 2 rings (SSSR count). The van der Waals surface area contributed by atoms with Gasteiger partial charge >= 0.3 is 0 Å². The number of hydrogen-bond acceptors (Lipinski definition) is 2. The van der Waals surface area contributed by atoms with Crippen LogP contribution in [-0.4, -0.2) is 5.84 Å². The van der Waals surface area contributed by atoms with E-state index in [9.17, 15) is 8.78 Å². The molecule has 0 bridgehead atoms. The van der Waals surface area contributed by atoms with Crippen LogP contribution in [0.3, 0.4) is 0 Å². The van der Waals surface area contributed by atoms with E-state index in [0.717, 1.165) is 12.1 Å². The molecule has 0 aliphatic rings. The first kappa shape index (κ1) is 14.7. The van der Waals surface area contributed by atoms with Gasteiger partial charge in [0.15, 0.2) is 17.4 Å². The molecule has 3 N–H and O–H groups in total. The first-order valence-electron chi connectivity index (χ1n) is 5.35. The zero-order chi connectivity index (χ0) is 14.9. The van der Waals surface area contributed by atoms with Crippen LogP contribution in [-0.2, 0) is 0 Å². The molecule has 0 aliphatic heterocycles. The van der Waals surface area contributed by atoms with Crippen LogP contribution in [0.15, 0.2) is 34.8 Å². The fourth-order valence-corrected chi connectivity index (χ4v) is 1.97. The lowest BCUT2D eigenvalue weighted by molar-refractivity contribution is 0.407. The van der Waals surface area contributed by atoms with Crippen molar-refractivity contribution in [2.75, 3.05) is 0 Å². The van der Waals surface area contributed by atoms with Gasteiger partial charge in [-0.2, -0.15) is 0 Å². The zero-order valence-electron chi connectivity index (χ0n) is 9.88. The third-order valence-electron chi connectivity index (χ3n) is 2.41. The maximum absolute atomic E-state index is 13.8. The molecular formula is C13H8BrClF2N2O. The molecule has 0 spiro atoms. The molecule has 0 aliphatic carbocycles. The van der Waals surface area contributed by atoms with Crippen molar-refractivity contribution in [3.05, 3.63) is 57.0 Å². The van der Waals surface area contributed by atoms with E-state index in [1.807, 2.05) is 0 Å². The van der Waals surface area contributed by atoms with Gasteiger partial charge < -0.3 is 10.5 Å². The Morgan fingerprint density at radius 2 is 1.80 bits per heavy atom. The number of nitrogens with one attached hydrogen (secondary N) is 1. The molecule has 0 fully saturated rings. The summed E-state index contributed by atoms with van der Waals surface area (Å²) in [5.41, 5.74) is 5.12. The van der Waals surface area contributed by atoms with E-state index in [1.54, 1.807) is 6.07 Å². The molecule has 3 nitrogen and oxygen atoms in total. The topological polar surface area (TPSA) is 59.1 Å². The molecule has 7 heteroatoms. The van der Waals surface area contributed by atoms with E-state index in [2.05, 4.69) is 15.9 Å². The molecular weight excluding hydrogens is 354 g/mol. The number of ether oxygens (including phenoxy) is 1. The van der Waals surface area contributed by atoms with Gasteiger partial charge in [0.05, 0.1) is 5.02 Å². The van der Waals surface area contributed by atoms with Gasteiger partial charge in [0.25, 0.3) is 0 Å². The van der Waals surface area contributed by atoms with Crippen molar-refractivity contribution in [2.24, 2.45) is 5.73 Å². The van der Waals surface area contributed by atoms with E-state index >= 15 is 0 Å². The monoisotopic (exact) mass is 360 g/mol. The Morgan fingerprint density at radius 1 is 1.20 bits per heavy atom. The summed E-state index contributed by atoms with van der Waals surface area (Å²) in [4.78, 5) is 0. The second-order valence-corrected chi connectivity index (χ2v) is 5.18. The molecule has 0 amide bonds. The summed E-state index contributed by atoms with van der Waals surface area (Å²) in [7, 11) is 0. The lowest BCUT2D eigenvalue weighted by Gasteiger charge is -2.11. The van der Waals surface area contributed by atoms with Crippen molar-refractivity contribution in [1.29, 1.82) is 5.41 Å². The quantitative estimate of drug-likeness (QED) is 0.626. The predicted octanol–water partition coefficient (Wildman–Crippen LogP) is 4.46. The molecule has 0 aromatic heterocycles. The van der Waals surface area contributed by atoms with Crippen LogP contribution in [0, 0.1) is 17.0 Å². The second-order valence-electron chi connectivity index (χ2n) is 3.86. The van der Waals surface area contributed by atoms with E-state index < -0.39 is 23.2 Å². The van der Waals surface area contributed by atoms with Gasteiger partial charge in [-0.1, -0.05) is 27.5 Å². The fourth-order valence-electron chi connectivity index (χ4n) is 1.48. The van der Waals surface area contributed by atoms with Gasteiger partial charge in [0, 0.05) is 10.0 Å². The lowest BCUT2D eigenvalue weighted by Crippen LogP contribution is -2.12. The highest BCUT2D eigenvalue weighted by molar-refractivity contribution is 9.10. The van der Waals surface area contributed by atoms with Crippen LogP contribution in [0.5, 0.6) is 11.5 Å². The molecule has 0 saturated carbocycles. The van der Waals surface area contributed by atoms with Crippen molar-refractivity contribution >= 4 is 33.4 Å². The number of hydrogen-bond donors (Lipinski definition) is 2. The van der Waals surface area contributed by atoms with Crippen LogP contribution >= 0.6 is 27.5 Å². The Morgan fingerprint density at radius 3 is 2.35 bits per heavy atom. The van der Waals surface area contributed by atoms with Crippen molar-refractivity contribution in [2.45, 2.75) is 0 Å². The smallest absolute Gasteiger partial charge is 0.198 e. The van der Waals surface area contributed by atoms with Gasteiger partial charge in [-0.05, 0) is 30.3 Å². The molecule has 2 aromatic rings. The third-order valence-corrected chi connectivity index (χ3v) is 3.22. The Labute approximate surface area is 126 Å². The second kappa shape index (κ2) is 5.76. The number of amidine groups is 1. The highest BCUT2D eigenvalue weighted by Gasteiger charge is 2.16. The van der Waals surface area contributed by atoms with E-state index in [0.29, 0.717) is 4.47 Å². The van der Waals surface area contributed by atoms with Crippen LogP contribution in [0.1, 0.15) is 5.56 Å². The number of benzene rings is 2. The molecule has 0 unspecified atom stereocenters. The largest absolute Gasteiger partial charge is 0.450 e. The predicted molar refractivity (Wildman–Crippen MR) is 76.6 cm³/mol. The first-order valence-corrected chi connectivity index (χ1v) is 6.52. The molecule has 104 valence electrons. The van der Waals surface area contributed by atoms with Crippen LogP contribution < -0.4 is 10.5 Å². The maximum atomic E-state index is 13.8. The Hall–Kier alpha value is -1.66. The number of nitrogen functional groups attached to an aromatic ring is 1. The van der Waals surface area contributed by atoms with E-state index in [-0.39, 0.29) is 16.3 Å². The van der Waals surface area contributed by atoms with Crippen LogP contribution in [0.2, 0.25) is 5.02 Å². The SMILES string of the molecule is N=C(N)c1cc(F)c(Oc2cc(Br)ccc2Cl)c(F)c1.